The molecule has 0 bridgehead atoms. The summed E-state index contributed by atoms with van der Waals surface area (Å²) in [6, 6.07) is 7.19. The molecule has 0 unspecified atom stereocenters. The number of nitrogens with two attached hydrogens (primary N) is 1. The molecule has 8 heteroatoms. The lowest BCUT2D eigenvalue weighted by Crippen LogP contribution is -2.13. The standard InChI is InChI=1S/C13H16N4O4/c1-19-9-3-5-10(6-4-9)21-8-7-17-12(14)11(15-16-17)13(18)20-2/h3-6H,7-8,14H2,1-2H3. The Kier molecular flexibility index (Phi) is 4.60. The molecule has 2 N–H and O–H groups in total. The smallest absolute Gasteiger partial charge is 0.362 e. The summed E-state index contributed by atoms with van der Waals surface area (Å²) in [5, 5.41) is 7.46. The summed E-state index contributed by atoms with van der Waals surface area (Å²) in [6.45, 7) is 0.697. The molecule has 8 nitrogen and oxygen atoms in total. The second kappa shape index (κ2) is 6.60. The average Bonchev–Trinajstić information content (AvgIpc) is 2.88. The van der Waals surface area contributed by atoms with Crippen molar-refractivity contribution in [2.75, 3.05) is 26.6 Å². The number of carbonyl (C=O) groups is 1. The Balaban J connectivity index is 1.91. The SMILES string of the molecule is COC(=O)c1nnn(CCOc2ccc(OC)cc2)c1N. The Morgan fingerprint density at radius 2 is 1.90 bits per heavy atom. The molecule has 0 atom stereocenters. The number of benzene rings is 1. The van der Waals surface area contributed by atoms with Gasteiger partial charge in [-0.05, 0) is 24.3 Å². The summed E-state index contributed by atoms with van der Waals surface area (Å²) in [5.41, 5.74) is 5.76. The van der Waals surface area contributed by atoms with Gasteiger partial charge in [-0.1, -0.05) is 5.21 Å². The van der Waals surface area contributed by atoms with Gasteiger partial charge in [-0.15, -0.1) is 5.10 Å². The van der Waals surface area contributed by atoms with Crippen molar-refractivity contribution in [3.8, 4) is 11.5 Å². The predicted octanol–water partition coefficient (Wildman–Crippen LogP) is 0.734. The number of hydrogen-bond donors (Lipinski definition) is 1. The number of rotatable bonds is 6. The van der Waals surface area contributed by atoms with E-state index >= 15 is 0 Å². The molecule has 0 fully saturated rings. The molecule has 112 valence electrons. The van der Waals surface area contributed by atoms with Gasteiger partial charge in [0.05, 0.1) is 20.8 Å². The highest BCUT2D eigenvalue weighted by Gasteiger charge is 2.17. The second-order valence-electron chi connectivity index (χ2n) is 4.06. The van der Waals surface area contributed by atoms with Crippen LogP contribution in [0.2, 0.25) is 0 Å². The molecule has 0 amide bonds. The quantitative estimate of drug-likeness (QED) is 0.783. The van der Waals surface area contributed by atoms with Crippen LogP contribution in [0.15, 0.2) is 24.3 Å². The topological polar surface area (TPSA) is 101 Å². The van der Waals surface area contributed by atoms with Crippen LogP contribution in [-0.2, 0) is 11.3 Å². The third-order valence-corrected chi connectivity index (χ3v) is 2.78. The van der Waals surface area contributed by atoms with E-state index in [2.05, 4.69) is 15.0 Å². The van der Waals surface area contributed by atoms with Gasteiger partial charge in [0.2, 0.25) is 5.69 Å². The van der Waals surface area contributed by atoms with Crippen molar-refractivity contribution in [1.82, 2.24) is 15.0 Å². The van der Waals surface area contributed by atoms with E-state index in [4.69, 9.17) is 15.2 Å². The molecule has 2 aromatic rings. The van der Waals surface area contributed by atoms with Crippen LogP contribution in [0, 0.1) is 0 Å². The van der Waals surface area contributed by atoms with Crippen LogP contribution in [0.4, 0.5) is 5.82 Å². The highest BCUT2D eigenvalue weighted by molar-refractivity contribution is 5.91. The molecule has 21 heavy (non-hydrogen) atoms. The van der Waals surface area contributed by atoms with E-state index in [9.17, 15) is 4.79 Å². The zero-order valence-electron chi connectivity index (χ0n) is 11.8. The Labute approximate surface area is 121 Å². The van der Waals surface area contributed by atoms with Crippen molar-refractivity contribution < 1.29 is 19.0 Å². The lowest BCUT2D eigenvalue weighted by atomic mass is 10.3. The Bertz CT molecular complexity index is 609. The number of nitrogens with zero attached hydrogens (tertiary/aromatic N) is 3. The number of hydrogen-bond acceptors (Lipinski definition) is 7. The molecule has 2 rings (SSSR count). The van der Waals surface area contributed by atoms with Gasteiger partial charge in [0.25, 0.3) is 0 Å². The maximum atomic E-state index is 11.3. The lowest BCUT2D eigenvalue weighted by molar-refractivity contribution is 0.0595. The van der Waals surface area contributed by atoms with E-state index in [1.165, 1.54) is 11.8 Å². The normalized spacial score (nSPS) is 10.2. The summed E-state index contributed by atoms with van der Waals surface area (Å²) < 4.78 is 16.5. The molecule has 1 heterocycles. The lowest BCUT2D eigenvalue weighted by Gasteiger charge is -2.07. The van der Waals surface area contributed by atoms with Crippen molar-refractivity contribution in [2.45, 2.75) is 6.54 Å². The first-order chi connectivity index (χ1) is 10.2. The van der Waals surface area contributed by atoms with Crippen molar-refractivity contribution >= 4 is 11.8 Å². The summed E-state index contributed by atoms with van der Waals surface area (Å²) in [7, 11) is 2.86. The molecular formula is C13H16N4O4. The van der Waals surface area contributed by atoms with Crippen LogP contribution in [0.5, 0.6) is 11.5 Å². The number of carbonyl (C=O) groups excluding carboxylic acids is 1. The van der Waals surface area contributed by atoms with Crippen molar-refractivity contribution in [2.24, 2.45) is 0 Å². The monoisotopic (exact) mass is 292 g/mol. The fourth-order valence-corrected chi connectivity index (χ4v) is 1.65. The Morgan fingerprint density at radius 3 is 2.52 bits per heavy atom. The van der Waals surface area contributed by atoms with Crippen LogP contribution < -0.4 is 15.2 Å². The van der Waals surface area contributed by atoms with E-state index in [1.807, 2.05) is 0 Å². The second-order valence-corrected chi connectivity index (χ2v) is 4.06. The number of ether oxygens (including phenoxy) is 3. The maximum Gasteiger partial charge on any atom is 0.362 e. The molecule has 0 saturated heterocycles. The number of anilines is 1. The minimum atomic E-state index is -0.616. The first kappa shape index (κ1) is 14.6. The molecule has 0 aliphatic carbocycles. The van der Waals surface area contributed by atoms with E-state index in [0.29, 0.717) is 18.9 Å². The summed E-state index contributed by atoms with van der Waals surface area (Å²) in [5.74, 6) is 0.989. The average molecular weight is 292 g/mol. The number of esters is 1. The van der Waals surface area contributed by atoms with Gasteiger partial charge in [0.1, 0.15) is 18.1 Å². The van der Waals surface area contributed by atoms with E-state index in [0.717, 1.165) is 5.75 Å². The summed E-state index contributed by atoms with van der Waals surface area (Å²) in [4.78, 5) is 11.3. The zero-order chi connectivity index (χ0) is 15.2. The summed E-state index contributed by atoms with van der Waals surface area (Å²) >= 11 is 0. The van der Waals surface area contributed by atoms with E-state index in [1.54, 1.807) is 31.4 Å². The Morgan fingerprint density at radius 1 is 1.24 bits per heavy atom. The maximum absolute atomic E-state index is 11.3. The molecule has 0 aliphatic rings. The van der Waals surface area contributed by atoms with E-state index < -0.39 is 5.97 Å². The van der Waals surface area contributed by atoms with Crippen molar-refractivity contribution in [3.05, 3.63) is 30.0 Å². The molecule has 0 aliphatic heterocycles. The van der Waals surface area contributed by atoms with Gasteiger partial charge >= 0.3 is 5.97 Å². The third kappa shape index (κ3) is 3.41. The first-order valence-electron chi connectivity index (χ1n) is 6.20. The van der Waals surface area contributed by atoms with Crippen molar-refractivity contribution in [3.63, 3.8) is 0 Å². The highest BCUT2D eigenvalue weighted by Crippen LogP contribution is 2.17. The first-order valence-corrected chi connectivity index (χ1v) is 6.20. The molecule has 0 spiro atoms. The van der Waals surface area contributed by atoms with Crippen LogP contribution in [0.3, 0.4) is 0 Å². The minimum Gasteiger partial charge on any atom is -0.497 e. The Hall–Kier alpha value is -2.77. The predicted molar refractivity (Wildman–Crippen MR) is 74.3 cm³/mol. The van der Waals surface area contributed by atoms with Gasteiger partial charge < -0.3 is 19.9 Å². The van der Waals surface area contributed by atoms with Gasteiger partial charge in [0.15, 0.2) is 5.82 Å². The van der Waals surface area contributed by atoms with Crippen LogP contribution in [0.25, 0.3) is 0 Å². The molecule has 0 saturated carbocycles. The molecule has 1 aromatic carbocycles. The van der Waals surface area contributed by atoms with E-state index in [-0.39, 0.29) is 11.5 Å². The zero-order valence-corrected chi connectivity index (χ0v) is 11.8. The number of aromatic nitrogens is 3. The van der Waals surface area contributed by atoms with Crippen LogP contribution in [-0.4, -0.2) is 41.8 Å². The molecule has 1 aromatic heterocycles. The minimum absolute atomic E-state index is 0.00180. The molecule has 0 radical (unpaired) electrons. The van der Waals surface area contributed by atoms with Crippen LogP contribution >= 0.6 is 0 Å². The van der Waals surface area contributed by atoms with Crippen LogP contribution in [0.1, 0.15) is 10.5 Å². The molecular weight excluding hydrogens is 276 g/mol. The van der Waals surface area contributed by atoms with Gasteiger partial charge in [-0.25, -0.2) is 9.48 Å². The van der Waals surface area contributed by atoms with Gasteiger partial charge in [-0.3, -0.25) is 0 Å². The van der Waals surface area contributed by atoms with Gasteiger partial charge in [-0.2, -0.15) is 0 Å². The van der Waals surface area contributed by atoms with Crippen molar-refractivity contribution in [1.29, 1.82) is 0 Å². The highest BCUT2D eigenvalue weighted by atomic mass is 16.5. The summed E-state index contributed by atoms with van der Waals surface area (Å²) in [6.07, 6.45) is 0. The fourth-order valence-electron chi connectivity index (χ4n) is 1.65. The number of nitrogen functional groups attached to an aromatic ring is 1. The largest absolute Gasteiger partial charge is 0.497 e. The fraction of sp³-hybridized carbons (Fsp3) is 0.308. The third-order valence-electron chi connectivity index (χ3n) is 2.78. The number of methoxy groups -OCH3 is 2. The van der Waals surface area contributed by atoms with Gasteiger partial charge in [0, 0.05) is 0 Å².